The van der Waals surface area contributed by atoms with E-state index in [1.54, 1.807) is 0 Å². The Morgan fingerprint density at radius 1 is 0.917 bits per heavy atom. The van der Waals surface area contributed by atoms with Crippen molar-refractivity contribution in [3.8, 4) is 11.1 Å². The van der Waals surface area contributed by atoms with Gasteiger partial charge in [-0.05, 0) is 81.3 Å². The fourth-order valence-electron chi connectivity index (χ4n) is 2.78. The predicted octanol–water partition coefficient (Wildman–Crippen LogP) is 4.53. The Bertz CT molecular complexity index is 590. The highest BCUT2D eigenvalue weighted by atomic mass is 19.1. The van der Waals surface area contributed by atoms with Gasteiger partial charge in [0.25, 0.3) is 0 Å². The first-order chi connectivity index (χ1) is 11.6. The summed E-state index contributed by atoms with van der Waals surface area (Å²) >= 11 is 0. The Balaban J connectivity index is 1.78. The van der Waals surface area contributed by atoms with Crippen molar-refractivity contribution < 1.29 is 4.39 Å². The molecule has 0 aromatic heterocycles. The van der Waals surface area contributed by atoms with E-state index in [2.05, 4.69) is 55.5 Å². The Labute approximate surface area is 145 Å². The van der Waals surface area contributed by atoms with Crippen LogP contribution in [-0.2, 0) is 0 Å². The molecule has 0 bridgehead atoms. The van der Waals surface area contributed by atoms with Crippen molar-refractivity contribution in [1.82, 2.24) is 10.2 Å². The summed E-state index contributed by atoms with van der Waals surface area (Å²) in [7, 11) is 4.22. The van der Waals surface area contributed by atoms with Gasteiger partial charge in [0.2, 0.25) is 0 Å². The van der Waals surface area contributed by atoms with Crippen LogP contribution in [0.4, 0.5) is 4.39 Å². The zero-order valence-electron chi connectivity index (χ0n) is 15.1. The van der Waals surface area contributed by atoms with Crippen LogP contribution in [0.25, 0.3) is 11.1 Å². The maximum absolute atomic E-state index is 13.0. The number of benzene rings is 2. The van der Waals surface area contributed by atoms with Gasteiger partial charge < -0.3 is 10.2 Å². The van der Waals surface area contributed by atoms with E-state index in [1.165, 1.54) is 24.1 Å². The highest BCUT2D eigenvalue weighted by Gasteiger charge is 2.06. The summed E-state index contributed by atoms with van der Waals surface area (Å²) < 4.78 is 13.0. The third kappa shape index (κ3) is 6.06. The van der Waals surface area contributed by atoms with Gasteiger partial charge in [0.1, 0.15) is 5.82 Å². The molecule has 24 heavy (non-hydrogen) atoms. The van der Waals surface area contributed by atoms with Crippen molar-refractivity contribution in [2.24, 2.45) is 0 Å². The van der Waals surface area contributed by atoms with E-state index in [0.29, 0.717) is 5.92 Å². The molecule has 0 fully saturated rings. The number of hydrogen-bond donors (Lipinski definition) is 1. The number of halogens is 1. The normalized spacial score (nSPS) is 12.5. The Hall–Kier alpha value is -1.71. The van der Waals surface area contributed by atoms with Crippen LogP contribution in [0, 0.1) is 5.82 Å². The van der Waals surface area contributed by atoms with Gasteiger partial charge in [0.05, 0.1) is 0 Å². The van der Waals surface area contributed by atoms with E-state index in [-0.39, 0.29) is 5.82 Å². The van der Waals surface area contributed by atoms with E-state index >= 15 is 0 Å². The van der Waals surface area contributed by atoms with Gasteiger partial charge in [-0.15, -0.1) is 0 Å². The third-order valence-corrected chi connectivity index (χ3v) is 4.37. The Morgan fingerprint density at radius 3 is 2.08 bits per heavy atom. The molecule has 3 heteroatoms. The second kappa shape index (κ2) is 9.55. The van der Waals surface area contributed by atoms with E-state index in [1.807, 2.05) is 12.1 Å². The van der Waals surface area contributed by atoms with E-state index < -0.39 is 0 Å². The smallest absolute Gasteiger partial charge is 0.123 e. The molecule has 2 rings (SSSR count). The lowest BCUT2D eigenvalue weighted by Gasteiger charge is -2.14. The summed E-state index contributed by atoms with van der Waals surface area (Å²) in [5.41, 5.74) is 3.54. The minimum atomic E-state index is -0.193. The molecule has 1 N–H and O–H groups in total. The van der Waals surface area contributed by atoms with Gasteiger partial charge >= 0.3 is 0 Å². The fraction of sp³-hybridized carbons (Fsp3) is 0.429. The number of rotatable bonds is 9. The average Bonchev–Trinajstić information content (AvgIpc) is 2.58. The van der Waals surface area contributed by atoms with E-state index in [0.717, 1.165) is 37.2 Å². The molecule has 0 aliphatic rings. The van der Waals surface area contributed by atoms with Crippen LogP contribution in [0.3, 0.4) is 0 Å². The number of hydrogen-bond acceptors (Lipinski definition) is 2. The van der Waals surface area contributed by atoms with Gasteiger partial charge in [-0.1, -0.05) is 43.3 Å². The molecular weight excluding hydrogens is 299 g/mol. The van der Waals surface area contributed by atoms with Gasteiger partial charge in [-0.2, -0.15) is 0 Å². The molecule has 0 spiro atoms. The van der Waals surface area contributed by atoms with E-state index in [4.69, 9.17) is 0 Å². The lowest BCUT2D eigenvalue weighted by molar-refractivity contribution is 0.393. The lowest BCUT2D eigenvalue weighted by Crippen LogP contribution is -2.22. The monoisotopic (exact) mass is 328 g/mol. The topological polar surface area (TPSA) is 15.3 Å². The van der Waals surface area contributed by atoms with Crippen molar-refractivity contribution in [2.75, 3.05) is 33.7 Å². The first-order valence-corrected chi connectivity index (χ1v) is 8.77. The third-order valence-electron chi connectivity index (χ3n) is 4.37. The number of nitrogens with one attached hydrogen (secondary N) is 1. The Kier molecular flexibility index (Phi) is 7.41. The summed E-state index contributed by atoms with van der Waals surface area (Å²) in [5, 5.41) is 3.52. The van der Waals surface area contributed by atoms with Crippen LogP contribution >= 0.6 is 0 Å². The van der Waals surface area contributed by atoms with Gasteiger partial charge in [0.15, 0.2) is 0 Å². The van der Waals surface area contributed by atoms with Crippen LogP contribution in [-0.4, -0.2) is 38.6 Å². The van der Waals surface area contributed by atoms with Crippen molar-refractivity contribution in [2.45, 2.75) is 25.7 Å². The van der Waals surface area contributed by atoms with Crippen molar-refractivity contribution in [1.29, 1.82) is 0 Å². The largest absolute Gasteiger partial charge is 0.317 e. The summed E-state index contributed by atoms with van der Waals surface area (Å²) in [4.78, 5) is 2.22. The molecule has 1 unspecified atom stereocenters. The summed E-state index contributed by atoms with van der Waals surface area (Å²) in [5.74, 6) is 0.343. The van der Waals surface area contributed by atoms with Gasteiger partial charge in [-0.25, -0.2) is 4.39 Å². The van der Waals surface area contributed by atoms with Crippen molar-refractivity contribution >= 4 is 0 Å². The van der Waals surface area contributed by atoms with Crippen LogP contribution in [0.1, 0.15) is 31.2 Å². The predicted molar refractivity (Wildman–Crippen MR) is 101 cm³/mol. The minimum Gasteiger partial charge on any atom is -0.317 e. The second-order valence-electron chi connectivity index (χ2n) is 6.73. The molecule has 0 amide bonds. The first kappa shape index (κ1) is 18.6. The second-order valence-corrected chi connectivity index (χ2v) is 6.73. The molecular formula is C21H29FN2. The molecule has 1 atom stereocenters. The van der Waals surface area contributed by atoms with Gasteiger partial charge in [-0.3, -0.25) is 0 Å². The van der Waals surface area contributed by atoms with Gasteiger partial charge in [0, 0.05) is 0 Å². The molecule has 2 aromatic carbocycles. The zero-order chi connectivity index (χ0) is 17.4. The van der Waals surface area contributed by atoms with E-state index in [9.17, 15) is 4.39 Å². The standard InChI is InChI=1S/C21H29FN2/c1-17(13-15-23-14-4-16-24(2)3)18-5-7-19(8-6-18)20-9-11-21(22)12-10-20/h5-12,17,23H,4,13-16H2,1-3H3. The fourth-order valence-corrected chi connectivity index (χ4v) is 2.78. The first-order valence-electron chi connectivity index (χ1n) is 8.77. The highest BCUT2D eigenvalue weighted by Crippen LogP contribution is 2.24. The van der Waals surface area contributed by atoms with Crippen LogP contribution < -0.4 is 5.32 Å². The highest BCUT2D eigenvalue weighted by molar-refractivity contribution is 5.63. The summed E-state index contributed by atoms with van der Waals surface area (Å²) in [6.45, 7) is 5.53. The van der Waals surface area contributed by atoms with Crippen LogP contribution in [0.5, 0.6) is 0 Å². The Morgan fingerprint density at radius 2 is 1.50 bits per heavy atom. The number of nitrogens with zero attached hydrogens (tertiary/aromatic N) is 1. The molecule has 2 aromatic rings. The minimum absolute atomic E-state index is 0.193. The van der Waals surface area contributed by atoms with Crippen LogP contribution in [0.15, 0.2) is 48.5 Å². The van der Waals surface area contributed by atoms with Crippen molar-refractivity contribution in [3.05, 3.63) is 59.9 Å². The average molecular weight is 328 g/mol. The molecule has 130 valence electrons. The SMILES string of the molecule is CC(CCNCCCN(C)C)c1ccc(-c2ccc(F)cc2)cc1. The quantitative estimate of drug-likeness (QED) is 0.681. The molecule has 0 heterocycles. The maximum Gasteiger partial charge on any atom is 0.123 e. The molecule has 0 aliphatic heterocycles. The molecule has 0 saturated carbocycles. The lowest BCUT2D eigenvalue weighted by atomic mass is 9.95. The molecule has 0 saturated heterocycles. The molecule has 2 nitrogen and oxygen atoms in total. The summed E-state index contributed by atoms with van der Waals surface area (Å²) in [6, 6.07) is 15.3. The van der Waals surface area contributed by atoms with Crippen molar-refractivity contribution in [3.63, 3.8) is 0 Å². The zero-order valence-corrected chi connectivity index (χ0v) is 15.1. The summed E-state index contributed by atoms with van der Waals surface area (Å²) in [6.07, 6.45) is 2.33. The molecule has 0 radical (unpaired) electrons. The maximum atomic E-state index is 13.0. The molecule has 0 aliphatic carbocycles. The van der Waals surface area contributed by atoms with Crippen LogP contribution in [0.2, 0.25) is 0 Å².